The summed E-state index contributed by atoms with van der Waals surface area (Å²) < 4.78 is 12.5. The Hall–Kier alpha value is -1.57. The SMILES string of the molecule is [2H]c1ccc2cccc(OC)c2n1. The second-order valence-corrected chi connectivity index (χ2v) is 2.47. The van der Waals surface area contributed by atoms with E-state index in [0.717, 1.165) is 10.9 Å². The van der Waals surface area contributed by atoms with E-state index in [2.05, 4.69) is 4.98 Å². The molecule has 0 aliphatic carbocycles. The molecule has 60 valence electrons. The lowest BCUT2D eigenvalue weighted by Gasteiger charge is -2.02. The fourth-order valence-corrected chi connectivity index (χ4v) is 1.19. The Labute approximate surface area is 72.2 Å². The number of hydrogen-bond acceptors (Lipinski definition) is 2. The maximum absolute atomic E-state index is 7.38. The summed E-state index contributed by atoms with van der Waals surface area (Å²) in [6, 6.07) is 9.24. The minimum atomic E-state index is 0.261. The fraction of sp³-hybridized carbons (Fsp3) is 0.100. The lowest BCUT2D eigenvalue weighted by molar-refractivity contribution is 0.419. The number of para-hydroxylation sites is 1. The molecule has 2 nitrogen and oxygen atoms in total. The molecule has 0 unspecified atom stereocenters. The number of aromatic nitrogens is 1. The second kappa shape index (κ2) is 2.81. The van der Waals surface area contributed by atoms with Gasteiger partial charge in [-0.25, -0.2) is 0 Å². The third-order valence-corrected chi connectivity index (χ3v) is 1.76. The summed E-state index contributed by atoms with van der Waals surface area (Å²) in [6.07, 6.45) is 0.261. The van der Waals surface area contributed by atoms with Crippen molar-refractivity contribution in [2.45, 2.75) is 0 Å². The first kappa shape index (κ1) is 6.00. The van der Waals surface area contributed by atoms with Gasteiger partial charge in [0.25, 0.3) is 0 Å². The molecule has 0 aliphatic rings. The van der Waals surface area contributed by atoms with Crippen molar-refractivity contribution in [1.82, 2.24) is 4.98 Å². The Bertz CT molecular complexity index is 442. The van der Waals surface area contributed by atoms with Crippen LogP contribution >= 0.6 is 0 Å². The number of ether oxygens (including phenoxy) is 1. The van der Waals surface area contributed by atoms with E-state index in [4.69, 9.17) is 6.11 Å². The molecule has 2 rings (SSSR count). The van der Waals surface area contributed by atoms with E-state index in [0.29, 0.717) is 5.75 Å². The van der Waals surface area contributed by atoms with Gasteiger partial charge < -0.3 is 4.74 Å². The van der Waals surface area contributed by atoms with Crippen LogP contribution in [0.2, 0.25) is 0 Å². The molecule has 0 amide bonds. The van der Waals surface area contributed by atoms with Crippen molar-refractivity contribution in [3.63, 3.8) is 0 Å². The highest BCUT2D eigenvalue weighted by atomic mass is 16.5. The minimum Gasteiger partial charge on any atom is -0.494 e. The van der Waals surface area contributed by atoms with Crippen LogP contribution in [-0.2, 0) is 0 Å². The van der Waals surface area contributed by atoms with Crippen LogP contribution in [0.25, 0.3) is 10.9 Å². The van der Waals surface area contributed by atoms with Gasteiger partial charge in [-0.2, -0.15) is 0 Å². The number of pyridine rings is 1. The number of benzene rings is 1. The van der Waals surface area contributed by atoms with E-state index in [1.165, 1.54) is 0 Å². The largest absolute Gasteiger partial charge is 0.494 e. The quantitative estimate of drug-likeness (QED) is 0.638. The predicted molar refractivity (Wildman–Crippen MR) is 48.3 cm³/mol. The molecule has 1 aromatic heterocycles. The fourth-order valence-electron chi connectivity index (χ4n) is 1.19. The number of methoxy groups -OCH3 is 1. The Morgan fingerprint density at radius 2 is 2.17 bits per heavy atom. The van der Waals surface area contributed by atoms with Crippen LogP contribution in [0.5, 0.6) is 5.75 Å². The van der Waals surface area contributed by atoms with Gasteiger partial charge in [-0.1, -0.05) is 18.2 Å². The summed E-state index contributed by atoms with van der Waals surface area (Å²) in [5.74, 6) is 0.714. The van der Waals surface area contributed by atoms with E-state index < -0.39 is 0 Å². The molecule has 0 N–H and O–H groups in total. The predicted octanol–water partition coefficient (Wildman–Crippen LogP) is 2.24. The lowest BCUT2D eigenvalue weighted by atomic mass is 10.2. The van der Waals surface area contributed by atoms with Gasteiger partial charge in [0.2, 0.25) is 0 Å². The zero-order valence-electron chi connectivity index (χ0n) is 7.74. The molecule has 0 saturated carbocycles. The van der Waals surface area contributed by atoms with E-state index in [1.807, 2.05) is 24.3 Å². The van der Waals surface area contributed by atoms with Crippen LogP contribution in [0.3, 0.4) is 0 Å². The molecule has 2 heteroatoms. The van der Waals surface area contributed by atoms with Crippen molar-refractivity contribution in [1.29, 1.82) is 0 Å². The molecule has 0 saturated heterocycles. The summed E-state index contributed by atoms with van der Waals surface area (Å²) in [5, 5.41) is 0.996. The van der Waals surface area contributed by atoms with E-state index >= 15 is 0 Å². The van der Waals surface area contributed by atoms with Gasteiger partial charge in [0.1, 0.15) is 11.3 Å². The molecule has 2 aromatic rings. The number of rotatable bonds is 1. The summed E-state index contributed by atoms with van der Waals surface area (Å²) in [5.41, 5.74) is 0.748. The van der Waals surface area contributed by atoms with Crippen LogP contribution in [-0.4, -0.2) is 12.1 Å². The lowest BCUT2D eigenvalue weighted by Crippen LogP contribution is -1.85. The van der Waals surface area contributed by atoms with Gasteiger partial charge in [0.15, 0.2) is 0 Å². The van der Waals surface area contributed by atoms with Crippen LogP contribution in [0.4, 0.5) is 0 Å². The molecule has 0 atom stereocenters. The highest BCUT2D eigenvalue weighted by Crippen LogP contribution is 2.21. The normalized spacial score (nSPS) is 11.2. The Morgan fingerprint density at radius 3 is 3.00 bits per heavy atom. The maximum Gasteiger partial charge on any atom is 0.145 e. The highest BCUT2D eigenvalue weighted by molar-refractivity contribution is 5.84. The van der Waals surface area contributed by atoms with Gasteiger partial charge in [-0.15, -0.1) is 0 Å². The number of hydrogen-bond donors (Lipinski definition) is 0. The second-order valence-electron chi connectivity index (χ2n) is 2.47. The van der Waals surface area contributed by atoms with Crippen LogP contribution in [0.15, 0.2) is 36.5 Å². The van der Waals surface area contributed by atoms with Gasteiger partial charge >= 0.3 is 0 Å². The molecule has 1 heterocycles. The van der Waals surface area contributed by atoms with Crippen molar-refractivity contribution in [3.8, 4) is 5.75 Å². The zero-order chi connectivity index (χ0) is 9.26. The smallest absolute Gasteiger partial charge is 0.145 e. The van der Waals surface area contributed by atoms with E-state index in [9.17, 15) is 0 Å². The van der Waals surface area contributed by atoms with Crippen LogP contribution in [0, 0.1) is 0 Å². The first-order chi connectivity index (χ1) is 6.31. The van der Waals surface area contributed by atoms with Crippen molar-refractivity contribution < 1.29 is 6.11 Å². The molecule has 0 bridgehead atoms. The first-order valence-corrected chi connectivity index (χ1v) is 3.71. The van der Waals surface area contributed by atoms with Gasteiger partial charge in [-0.05, 0) is 12.1 Å². The molecular formula is C10H9NO. The molecule has 0 radical (unpaired) electrons. The maximum atomic E-state index is 7.38. The van der Waals surface area contributed by atoms with Gasteiger partial charge in [-0.3, -0.25) is 4.98 Å². The molecular weight excluding hydrogens is 150 g/mol. The summed E-state index contributed by atoms with van der Waals surface area (Å²) in [4.78, 5) is 4.09. The van der Waals surface area contributed by atoms with Crippen molar-refractivity contribution in [2.75, 3.05) is 7.11 Å². The third kappa shape index (κ3) is 1.01. The standard InChI is InChI=1S/C10H9NO/c1-12-9-6-2-4-8-5-3-7-11-10(8)9/h2-7H,1H3/i7D. The zero-order valence-corrected chi connectivity index (χ0v) is 6.74. The van der Waals surface area contributed by atoms with E-state index in [1.54, 1.807) is 13.2 Å². The highest BCUT2D eigenvalue weighted by Gasteiger charge is 1.98. The van der Waals surface area contributed by atoms with Crippen molar-refractivity contribution >= 4 is 10.9 Å². The van der Waals surface area contributed by atoms with Crippen LogP contribution < -0.4 is 4.74 Å². The third-order valence-electron chi connectivity index (χ3n) is 1.76. The Balaban J connectivity index is 2.79. The average molecular weight is 160 g/mol. The van der Waals surface area contributed by atoms with Crippen LogP contribution in [0.1, 0.15) is 1.37 Å². The minimum absolute atomic E-state index is 0.261. The number of nitrogens with zero attached hydrogens (tertiary/aromatic N) is 1. The monoisotopic (exact) mass is 160 g/mol. The molecule has 12 heavy (non-hydrogen) atoms. The average Bonchev–Trinajstić information content (AvgIpc) is 2.17. The number of fused-ring (bicyclic) bond motifs is 1. The van der Waals surface area contributed by atoms with Crippen molar-refractivity contribution in [3.05, 3.63) is 36.5 Å². The van der Waals surface area contributed by atoms with Crippen molar-refractivity contribution in [2.24, 2.45) is 0 Å². The molecule has 1 aromatic carbocycles. The summed E-state index contributed by atoms with van der Waals surface area (Å²) in [6.45, 7) is 0. The summed E-state index contributed by atoms with van der Waals surface area (Å²) >= 11 is 0. The molecule has 0 fully saturated rings. The molecule has 0 aliphatic heterocycles. The Kier molecular flexibility index (Phi) is 1.41. The van der Waals surface area contributed by atoms with Gasteiger partial charge in [0.05, 0.1) is 8.48 Å². The van der Waals surface area contributed by atoms with E-state index in [-0.39, 0.29) is 6.17 Å². The van der Waals surface area contributed by atoms with Gasteiger partial charge in [0, 0.05) is 11.6 Å². The Morgan fingerprint density at radius 1 is 1.33 bits per heavy atom. The first-order valence-electron chi connectivity index (χ1n) is 4.21. The topological polar surface area (TPSA) is 22.1 Å². The summed E-state index contributed by atoms with van der Waals surface area (Å²) in [7, 11) is 1.60. The molecule has 0 spiro atoms.